The van der Waals surface area contributed by atoms with Crippen molar-refractivity contribution in [2.24, 2.45) is 12.5 Å². The third-order valence-corrected chi connectivity index (χ3v) is 10.7. The molecule has 0 amide bonds. The molecule has 1 fully saturated rings. The van der Waals surface area contributed by atoms with Crippen LogP contribution < -0.4 is 0 Å². The molecule has 2 aliphatic rings. The number of hydrogen-bond acceptors (Lipinski definition) is 8. The van der Waals surface area contributed by atoms with Gasteiger partial charge in [0, 0.05) is 13.1 Å². The van der Waals surface area contributed by atoms with E-state index >= 15 is 0 Å². The van der Waals surface area contributed by atoms with Crippen molar-refractivity contribution in [1.82, 2.24) is 33.8 Å². The Morgan fingerprint density at radius 1 is 1.18 bits per heavy atom. The van der Waals surface area contributed by atoms with Crippen LogP contribution in [0.2, 0.25) is 0 Å². The fourth-order valence-corrected chi connectivity index (χ4v) is 8.28. The van der Waals surface area contributed by atoms with Gasteiger partial charge in [-0.25, -0.2) is 36.2 Å². The Morgan fingerprint density at radius 2 is 1.91 bits per heavy atom. The van der Waals surface area contributed by atoms with Gasteiger partial charge in [0.1, 0.15) is 17.0 Å². The number of carbonyl (C=O) groups is 1. The van der Waals surface area contributed by atoms with Crippen LogP contribution in [0.4, 0.5) is 26.3 Å². The third kappa shape index (κ3) is 5.58. The van der Waals surface area contributed by atoms with Crippen LogP contribution in [-0.2, 0) is 29.7 Å². The number of ketones is 1. The Bertz CT molecular complexity index is 1900. The Balaban J connectivity index is 1.45. The van der Waals surface area contributed by atoms with Crippen LogP contribution in [0.15, 0.2) is 53.7 Å². The summed E-state index contributed by atoms with van der Waals surface area (Å²) in [5.41, 5.74) is 0.395. The lowest BCUT2D eigenvalue weighted by atomic mass is 9.61. The summed E-state index contributed by atoms with van der Waals surface area (Å²) in [4.78, 5) is 20.7. The Labute approximate surface area is 256 Å². The molecule has 2 atom stereocenters. The van der Waals surface area contributed by atoms with Crippen molar-refractivity contribution in [2.75, 3.05) is 6.54 Å². The molecular formula is C27H23F6N7O3S2. The molecule has 0 bridgehead atoms. The molecule has 10 nitrogen and oxygen atoms in total. The second kappa shape index (κ2) is 11.2. The zero-order valence-electron chi connectivity index (χ0n) is 23.2. The van der Waals surface area contributed by atoms with Crippen molar-refractivity contribution < 1.29 is 39.6 Å². The highest BCUT2D eigenvalue weighted by molar-refractivity contribution is 7.89. The Hall–Kier alpha value is -3.90. The molecule has 0 spiro atoms. The van der Waals surface area contributed by atoms with Gasteiger partial charge in [0.15, 0.2) is 5.01 Å². The maximum atomic E-state index is 14.3. The van der Waals surface area contributed by atoms with Gasteiger partial charge in [-0.2, -0.15) is 22.6 Å². The van der Waals surface area contributed by atoms with Crippen LogP contribution in [0.5, 0.6) is 0 Å². The number of nitrogens with zero attached hydrogens (tertiary/aromatic N) is 7. The minimum Gasteiger partial charge on any atom is -0.290 e. The molecule has 0 N–H and O–H groups in total. The molecule has 18 heteroatoms. The standard InChI is InChI=1S/C27H23F6N7O3S2/c1-38-14-35-25(37-38)45(42,43)39(13-22(29)30)19-5-2-16-8-20-15(11-36-40(20)18-6-3-17(28)4-7-18)9-26(16,10-19)23(41)24-34-12-21(44-24)27(31,32)33/h3-4,6-8,11-12,14,19,22H,2,5,9-10,13H2,1H3/t19-,26-/m0/s1. The van der Waals surface area contributed by atoms with Gasteiger partial charge in [0.25, 0.3) is 21.6 Å². The lowest BCUT2D eigenvalue weighted by molar-refractivity contribution is -0.134. The minimum absolute atomic E-state index is 0.0192. The van der Waals surface area contributed by atoms with Gasteiger partial charge < -0.3 is 0 Å². The van der Waals surface area contributed by atoms with E-state index in [0.29, 0.717) is 33.0 Å². The molecule has 1 aromatic carbocycles. The highest BCUT2D eigenvalue weighted by Gasteiger charge is 2.53. The number of alkyl halides is 5. The summed E-state index contributed by atoms with van der Waals surface area (Å²) in [5, 5.41) is 7.02. The van der Waals surface area contributed by atoms with Gasteiger partial charge in [-0.1, -0.05) is 5.57 Å². The van der Waals surface area contributed by atoms with E-state index in [0.717, 1.165) is 11.0 Å². The van der Waals surface area contributed by atoms with E-state index < -0.39 is 67.3 Å². The first-order valence-electron chi connectivity index (χ1n) is 13.5. The summed E-state index contributed by atoms with van der Waals surface area (Å²) in [6, 6.07) is 4.32. The average Bonchev–Trinajstić information content (AvgIpc) is 3.74. The summed E-state index contributed by atoms with van der Waals surface area (Å²) < 4.78 is 112. The van der Waals surface area contributed by atoms with Gasteiger partial charge >= 0.3 is 6.18 Å². The number of benzene rings is 1. The molecule has 0 aliphatic heterocycles. The van der Waals surface area contributed by atoms with Crippen molar-refractivity contribution in [1.29, 1.82) is 0 Å². The molecular weight excluding hydrogens is 648 g/mol. The predicted molar refractivity (Wildman–Crippen MR) is 148 cm³/mol. The van der Waals surface area contributed by atoms with E-state index in [4.69, 9.17) is 0 Å². The number of fused-ring (bicyclic) bond motifs is 2. The van der Waals surface area contributed by atoms with E-state index in [9.17, 15) is 39.6 Å². The maximum Gasteiger partial charge on any atom is 0.427 e. The number of Topliss-reactive ketones (excluding diaryl/α,β-unsaturated/α-hetero) is 1. The van der Waals surface area contributed by atoms with Crippen molar-refractivity contribution in [3.05, 3.63) is 75.5 Å². The summed E-state index contributed by atoms with van der Waals surface area (Å²) in [5.74, 6) is -1.25. The van der Waals surface area contributed by atoms with Crippen molar-refractivity contribution in [3.63, 3.8) is 0 Å². The largest absolute Gasteiger partial charge is 0.427 e. The van der Waals surface area contributed by atoms with Gasteiger partial charge in [-0.05, 0) is 61.6 Å². The van der Waals surface area contributed by atoms with Crippen LogP contribution >= 0.6 is 11.3 Å². The molecule has 2 aliphatic carbocycles. The summed E-state index contributed by atoms with van der Waals surface area (Å²) in [7, 11) is -3.26. The SMILES string of the molecule is Cn1cnc(S(=O)(=O)N(CC(F)F)[C@H]2CCC3=Cc4c(cnn4-c4ccc(F)cc4)C[C@]3(C(=O)c3ncc(C(F)(F)F)s3)C2)n1. The molecule has 0 saturated heterocycles. The molecule has 45 heavy (non-hydrogen) atoms. The van der Waals surface area contributed by atoms with Gasteiger partial charge in [0.2, 0.25) is 5.78 Å². The lowest BCUT2D eigenvalue weighted by Crippen LogP contribution is -2.51. The third-order valence-electron chi connectivity index (χ3n) is 7.96. The second-order valence-electron chi connectivity index (χ2n) is 10.8. The highest BCUT2D eigenvalue weighted by Crippen LogP contribution is 2.52. The van der Waals surface area contributed by atoms with Crippen molar-refractivity contribution in [3.8, 4) is 5.69 Å². The molecule has 0 unspecified atom stereocenters. The monoisotopic (exact) mass is 671 g/mol. The van der Waals surface area contributed by atoms with Crippen molar-refractivity contribution >= 4 is 33.2 Å². The van der Waals surface area contributed by atoms with Gasteiger partial charge in [0.05, 0.1) is 35.7 Å². The normalized spacial score (nSPS) is 20.3. The summed E-state index contributed by atoms with van der Waals surface area (Å²) in [6.07, 6.45) is -3.44. The molecule has 3 heterocycles. The molecule has 3 aromatic heterocycles. The number of rotatable bonds is 8. The fourth-order valence-electron chi connectivity index (χ4n) is 5.95. The first-order chi connectivity index (χ1) is 21.2. The smallest absolute Gasteiger partial charge is 0.290 e. The minimum atomic E-state index is -4.75. The highest BCUT2D eigenvalue weighted by atomic mass is 32.2. The van der Waals surface area contributed by atoms with Gasteiger partial charge in [-0.3, -0.25) is 9.48 Å². The van der Waals surface area contributed by atoms with Gasteiger partial charge in [-0.15, -0.1) is 16.4 Å². The van der Waals surface area contributed by atoms with Crippen LogP contribution in [0.25, 0.3) is 11.8 Å². The molecule has 1 saturated carbocycles. The zero-order chi connectivity index (χ0) is 32.3. The molecule has 4 aromatic rings. The summed E-state index contributed by atoms with van der Waals surface area (Å²) >= 11 is 0.158. The van der Waals surface area contributed by atoms with E-state index in [1.54, 1.807) is 6.08 Å². The quantitative estimate of drug-likeness (QED) is 0.193. The number of aromatic nitrogens is 6. The van der Waals surface area contributed by atoms with E-state index in [-0.39, 0.29) is 37.0 Å². The second-order valence-corrected chi connectivity index (χ2v) is 13.6. The zero-order valence-corrected chi connectivity index (χ0v) is 24.9. The number of hydrogen-bond donors (Lipinski definition) is 0. The van der Waals surface area contributed by atoms with Crippen LogP contribution in [0.1, 0.15) is 45.2 Å². The fraction of sp³-hybridized carbons (Fsp3) is 0.370. The topological polar surface area (TPSA) is 116 Å². The predicted octanol–water partition coefficient (Wildman–Crippen LogP) is 4.93. The number of halogens is 6. The number of sulfonamides is 1. The van der Waals surface area contributed by atoms with E-state index in [1.165, 1.54) is 42.2 Å². The molecule has 0 radical (unpaired) electrons. The van der Waals surface area contributed by atoms with Crippen LogP contribution in [0.3, 0.4) is 0 Å². The van der Waals surface area contributed by atoms with Crippen LogP contribution in [-0.4, -0.2) is 67.0 Å². The lowest BCUT2D eigenvalue weighted by Gasteiger charge is -2.46. The average molecular weight is 672 g/mol. The summed E-state index contributed by atoms with van der Waals surface area (Å²) in [6.45, 7) is -1.21. The van der Waals surface area contributed by atoms with Crippen LogP contribution in [0, 0.1) is 11.2 Å². The number of thiazole rings is 1. The number of carbonyl (C=O) groups excluding carboxylic acids is 1. The Kier molecular flexibility index (Phi) is 7.72. The first kappa shape index (κ1) is 31.1. The number of allylic oxidation sites excluding steroid dienone is 1. The molecule has 238 valence electrons. The first-order valence-corrected chi connectivity index (χ1v) is 15.7. The van der Waals surface area contributed by atoms with E-state index in [2.05, 4.69) is 20.2 Å². The molecule has 6 rings (SSSR count). The number of aryl methyl sites for hydroxylation is 1. The maximum absolute atomic E-state index is 14.3. The Morgan fingerprint density at radius 3 is 2.53 bits per heavy atom. The van der Waals surface area contributed by atoms with Crippen molar-refractivity contribution in [2.45, 2.75) is 49.5 Å². The van der Waals surface area contributed by atoms with E-state index in [1.807, 2.05) is 0 Å².